The van der Waals surface area contributed by atoms with Crippen LogP contribution in [0.5, 0.6) is 5.75 Å². The van der Waals surface area contributed by atoms with Crippen molar-refractivity contribution in [3.8, 4) is 5.75 Å². The van der Waals surface area contributed by atoms with Crippen LogP contribution in [0.15, 0.2) is 42.5 Å². The number of nitrogens with one attached hydrogen (secondary N) is 2. The van der Waals surface area contributed by atoms with Gasteiger partial charge in [-0.1, -0.05) is 43.1 Å². The molecule has 0 unspecified atom stereocenters. The molecule has 2 aromatic carbocycles. The van der Waals surface area contributed by atoms with Crippen molar-refractivity contribution in [2.45, 2.75) is 26.7 Å². The molecule has 124 valence electrons. The highest BCUT2D eigenvalue weighted by Gasteiger charge is 2.03. The van der Waals surface area contributed by atoms with Crippen molar-refractivity contribution < 1.29 is 4.74 Å². The van der Waals surface area contributed by atoms with Gasteiger partial charge in [0.1, 0.15) is 5.75 Å². The van der Waals surface area contributed by atoms with Gasteiger partial charge < -0.3 is 15.4 Å². The van der Waals surface area contributed by atoms with Crippen molar-refractivity contribution in [3.05, 3.63) is 53.1 Å². The molecule has 4 heteroatoms. The third-order valence-corrected chi connectivity index (χ3v) is 4.08. The molecule has 0 bridgehead atoms. The Morgan fingerprint density at radius 3 is 2.43 bits per heavy atom. The lowest BCUT2D eigenvalue weighted by Crippen LogP contribution is -2.15. The number of benzene rings is 2. The maximum absolute atomic E-state index is 6.13. The van der Waals surface area contributed by atoms with Crippen molar-refractivity contribution in [1.29, 1.82) is 0 Å². The molecule has 0 spiro atoms. The third-order valence-electron chi connectivity index (χ3n) is 3.67. The number of hydrogen-bond acceptors (Lipinski definition) is 3. The lowest BCUT2D eigenvalue weighted by Gasteiger charge is -2.14. The van der Waals surface area contributed by atoms with Gasteiger partial charge in [0.2, 0.25) is 0 Å². The summed E-state index contributed by atoms with van der Waals surface area (Å²) < 4.78 is 5.83. The van der Waals surface area contributed by atoms with E-state index >= 15 is 0 Å². The van der Waals surface area contributed by atoms with Crippen LogP contribution < -0.4 is 15.4 Å². The second-order valence-electron chi connectivity index (χ2n) is 5.46. The largest absolute Gasteiger partial charge is 0.491 e. The fraction of sp³-hybridized carbons (Fsp3) is 0.368. The molecule has 2 rings (SSSR count). The molecule has 3 nitrogen and oxygen atoms in total. The van der Waals surface area contributed by atoms with Gasteiger partial charge in [-0.25, -0.2) is 0 Å². The highest BCUT2D eigenvalue weighted by atomic mass is 35.5. The van der Waals surface area contributed by atoms with E-state index in [0.29, 0.717) is 0 Å². The number of halogens is 1. The Hall–Kier alpha value is -1.87. The summed E-state index contributed by atoms with van der Waals surface area (Å²) in [6.07, 6.45) is 2.21. The molecule has 0 saturated heterocycles. The molecule has 0 aromatic heterocycles. The Morgan fingerprint density at radius 2 is 1.65 bits per heavy atom. The first-order valence-electron chi connectivity index (χ1n) is 8.17. The fourth-order valence-corrected chi connectivity index (χ4v) is 2.43. The zero-order valence-electron chi connectivity index (χ0n) is 13.9. The van der Waals surface area contributed by atoms with Crippen LogP contribution >= 0.6 is 11.6 Å². The molecule has 0 aliphatic rings. The summed E-state index contributed by atoms with van der Waals surface area (Å²) in [5.41, 5.74) is 3.19. The lowest BCUT2D eigenvalue weighted by atomic mass is 10.2. The monoisotopic (exact) mass is 332 g/mol. The molecule has 0 heterocycles. The summed E-state index contributed by atoms with van der Waals surface area (Å²) in [6.45, 7) is 6.56. The van der Waals surface area contributed by atoms with Crippen LogP contribution in [0.3, 0.4) is 0 Å². The van der Waals surface area contributed by atoms with E-state index < -0.39 is 0 Å². The Labute approximate surface area is 144 Å². The Morgan fingerprint density at radius 1 is 0.957 bits per heavy atom. The van der Waals surface area contributed by atoms with Crippen molar-refractivity contribution in [2.75, 3.05) is 30.3 Å². The maximum atomic E-state index is 6.13. The summed E-state index contributed by atoms with van der Waals surface area (Å²) in [5, 5.41) is 7.62. The second-order valence-corrected chi connectivity index (χ2v) is 5.87. The van der Waals surface area contributed by atoms with Crippen LogP contribution in [0.2, 0.25) is 5.02 Å². The SMILES string of the molecule is CCCCOc1ccccc1NCCNc1cccc(Cl)c1C. The molecule has 0 aliphatic carbocycles. The molecule has 2 aromatic rings. The lowest BCUT2D eigenvalue weighted by molar-refractivity contribution is 0.311. The average Bonchev–Trinajstić information content (AvgIpc) is 2.56. The van der Waals surface area contributed by atoms with Crippen molar-refractivity contribution in [3.63, 3.8) is 0 Å². The van der Waals surface area contributed by atoms with E-state index in [0.717, 1.165) is 60.2 Å². The first-order chi connectivity index (χ1) is 11.2. The predicted octanol–water partition coefficient (Wildman–Crippen LogP) is 5.35. The Kier molecular flexibility index (Phi) is 7.08. The molecule has 0 saturated carbocycles. The standard InChI is InChI=1S/C19H25ClN2O/c1-3-4-14-23-19-11-6-5-9-18(19)22-13-12-21-17-10-7-8-16(20)15(17)2/h5-11,21-22H,3-4,12-14H2,1-2H3. The van der Waals surface area contributed by atoms with Gasteiger partial charge in [0.05, 0.1) is 12.3 Å². The highest BCUT2D eigenvalue weighted by molar-refractivity contribution is 6.31. The fourth-order valence-electron chi connectivity index (χ4n) is 2.26. The number of ether oxygens (including phenoxy) is 1. The molecule has 23 heavy (non-hydrogen) atoms. The van der Waals surface area contributed by atoms with Gasteiger partial charge in [-0.05, 0) is 43.2 Å². The zero-order valence-corrected chi connectivity index (χ0v) is 14.6. The number of anilines is 2. The minimum Gasteiger partial charge on any atom is -0.491 e. The van der Waals surface area contributed by atoms with Crippen molar-refractivity contribution in [1.82, 2.24) is 0 Å². The summed E-state index contributed by atoms with van der Waals surface area (Å²) in [6, 6.07) is 14.0. The van der Waals surface area contributed by atoms with Crippen LogP contribution in [0.1, 0.15) is 25.3 Å². The van der Waals surface area contributed by atoms with E-state index in [1.807, 2.05) is 49.4 Å². The van der Waals surface area contributed by atoms with Gasteiger partial charge >= 0.3 is 0 Å². The van der Waals surface area contributed by atoms with E-state index in [4.69, 9.17) is 16.3 Å². The normalized spacial score (nSPS) is 10.4. The summed E-state index contributed by atoms with van der Waals surface area (Å²) in [7, 11) is 0. The van der Waals surface area contributed by atoms with Gasteiger partial charge in [-0.2, -0.15) is 0 Å². The smallest absolute Gasteiger partial charge is 0.142 e. The van der Waals surface area contributed by atoms with Crippen molar-refractivity contribution in [2.24, 2.45) is 0 Å². The second kappa shape index (κ2) is 9.31. The van der Waals surface area contributed by atoms with E-state index in [-0.39, 0.29) is 0 Å². The van der Waals surface area contributed by atoms with Crippen LogP contribution in [0, 0.1) is 6.92 Å². The minimum atomic E-state index is 0.759. The summed E-state index contributed by atoms with van der Waals surface area (Å²) in [5.74, 6) is 0.917. The van der Waals surface area contributed by atoms with Crippen LogP contribution in [-0.2, 0) is 0 Å². The minimum absolute atomic E-state index is 0.759. The number of hydrogen-bond donors (Lipinski definition) is 2. The predicted molar refractivity (Wildman–Crippen MR) is 100 cm³/mol. The molecular formula is C19H25ClN2O. The van der Waals surface area contributed by atoms with Crippen LogP contribution in [-0.4, -0.2) is 19.7 Å². The van der Waals surface area contributed by atoms with E-state index in [2.05, 4.69) is 17.6 Å². The molecule has 0 fully saturated rings. The van der Waals surface area contributed by atoms with Crippen LogP contribution in [0.25, 0.3) is 0 Å². The molecule has 0 atom stereocenters. The van der Waals surface area contributed by atoms with Gasteiger partial charge in [0.25, 0.3) is 0 Å². The van der Waals surface area contributed by atoms with E-state index in [9.17, 15) is 0 Å². The Bertz CT molecular complexity index is 616. The Balaban J connectivity index is 1.83. The van der Waals surface area contributed by atoms with E-state index in [1.54, 1.807) is 0 Å². The summed E-state index contributed by atoms with van der Waals surface area (Å²) >= 11 is 6.13. The molecule has 0 aliphatic heterocycles. The van der Waals surface area contributed by atoms with Crippen molar-refractivity contribution >= 4 is 23.0 Å². The number of unbranched alkanes of at least 4 members (excludes halogenated alkanes) is 1. The van der Waals surface area contributed by atoms with Crippen LogP contribution in [0.4, 0.5) is 11.4 Å². The van der Waals surface area contributed by atoms with Gasteiger partial charge in [-0.15, -0.1) is 0 Å². The number of para-hydroxylation sites is 2. The zero-order chi connectivity index (χ0) is 16.5. The topological polar surface area (TPSA) is 33.3 Å². The first-order valence-corrected chi connectivity index (χ1v) is 8.55. The van der Waals surface area contributed by atoms with Gasteiger partial charge in [0, 0.05) is 23.8 Å². The molecule has 0 radical (unpaired) electrons. The third kappa shape index (κ3) is 5.36. The highest BCUT2D eigenvalue weighted by Crippen LogP contribution is 2.24. The number of rotatable bonds is 9. The quantitative estimate of drug-likeness (QED) is 0.607. The van der Waals surface area contributed by atoms with Gasteiger partial charge in [-0.3, -0.25) is 0 Å². The first kappa shape index (κ1) is 17.5. The molecular weight excluding hydrogens is 308 g/mol. The maximum Gasteiger partial charge on any atom is 0.142 e. The van der Waals surface area contributed by atoms with Gasteiger partial charge in [0.15, 0.2) is 0 Å². The van der Waals surface area contributed by atoms with E-state index in [1.165, 1.54) is 0 Å². The summed E-state index contributed by atoms with van der Waals surface area (Å²) in [4.78, 5) is 0. The average molecular weight is 333 g/mol. The molecule has 2 N–H and O–H groups in total. The molecule has 0 amide bonds.